The zero-order valence-electron chi connectivity index (χ0n) is 14.3. The zero-order chi connectivity index (χ0) is 17.0. The van der Waals surface area contributed by atoms with E-state index in [2.05, 4.69) is 26.0 Å². The van der Waals surface area contributed by atoms with E-state index in [-0.39, 0.29) is 34.6 Å². The molecule has 1 saturated heterocycles. The average molecular weight is 326 g/mol. The summed E-state index contributed by atoms with van der Waals surface area (Å²) in [6.45, 7) is 4.32. The molecule has 1 aromatic rings. The maximum Gasteiger partial charge on any atom is 0.322 e. The molecular formula is C20H22O4. The Bertz CT molecular complexity index is 763. The largest absolute Gasteiger partial charge is 0.468 e. The van der Waals surface area contributed by atoms with E-state index in [0.29, 0.717) is 6.42 Å². The van der Waals surface area contributed by atoms with Crippen LogP contribution in [0.4, 0.5) is 0 Å². The van der Waals surface area contributed by atoms with Gasteiger partial charge in [-0.15, -0.1) is 0 Å². The third kappa shape index (κ3) is 1.24. The standard InChI is InChI=1S/C20H22O4/c1-17(2)11-13(21)19(16(22)23-3)15-20(24-15,12-7-5-4-6-8-12)14(17)18(19)9-10-18/h4-8,14-15H,9-11H2,1-3H3/t14-,15?,19-,20?/m1/s1. The lowest BCUT2D eigenvalue weighted by Crippen LogP contribution is -2.57. The fraction of sp³-hybridized carbons (Fsp3) is 0.600. The first kappa shape index (κ1) is 14.6. The highest BCUT2D eigenvalue weighted by Gasteiger charge is 2.95. The molecule has 1 heterocycles. The smallest absolute Gasteiger partial charge is 0.322 e. The van der Waals surface area contributed by atoms with Gasteiger partial charge < -0.3 is 9.47 Å². The Balaban J connectivity index is 1.79. The van der Waals surface area contributed by atoms with Gasteiger partial charge in [0.05, 0.1) is 7.11 Å². The molecule has 2 bridgehead atoms. The van der Waals surface area contributed by atoms with Crippen molar-refractivity contribution >= 4 is 11.8 Å². The molecule has 0 amide bonds. The molecule has 1 aromatic carbocycles. The van der Waals surface area contributed by atoms with Crippen molar-refractivity contribution in [2.45, 2.75) is 44.8 Å². The van der Waals surface area contributed by atoms with E-state index in [1.807, 2.05) is 18.2 Å². The molecule has 0 aromatic heterocycles. The quantitative estimate of drug-likeness (QED) is 0.476. The average Bonchev–Trinajstić information content (AvgIpc) is 3.45. The Morgan fingerprint density at radius 1 is 1.21 bits per heavy atom. The topological polar surface area (TPSA) is 55.9 Å². The first-order valence-electron chi connectivity index (χ1n) is 8.73. The number of hydrogen-bond acceptors (Lipinski definition) is 4. The summed E-state index contributed by atoms with van der Waals surface area (Å²) in [6.07, 6.45) is 1.87. The minimum Gasteiger partial charge on any atom is -0.468 e. The van der Waals surface area contributed by atoms with Crippen molar-refractivity contribution in [2.75, 3.05) is 7.11 Å². The van der Waals surface area contributed by atoms with Gasteiger partial charge in [-0.3, -0.25) is 9.59 Å². The fourth-order valence-electron chi connectivity index (χ4n) is 6.58. The highest BCUT2D eigenvalue weighted by Crippen LogP contribution is 2.88. The number of Topliss-reactive ketones (excluding diaryl/α,β-unsaturated/α-hetero) is 1. The van der Waals surface area contributed by atoms with E-state index in [9.17, 15) is 9.59 Å². The molecule has 4 fully saturated rings. The Morgan fingerprint density at radius 2 is 1.88 bits per heavy atom. The van der Waals surface area contributed by atoms with Crippen LogP contribution < -0.4 is 0 Å². The molecule has 4 aliphatic rings. The summed E-state index contributed by atoms with van der Waals surface area (Å²) >= 11 is 0. The molecule has 4 heteroatoms. The lowest BCUT2D eigenvalue weighted by molar-refractivity contribution is -0.177. The minimum atomic E-state index is -1.10. The summed E-state index contributed by atoms with van der Waals surface area (Å²) in [6, 6.07) is 10.1. The highest BCUT2D eigenvalue weighted by molar-refractivity contribution is 6.09. The van der Waals surface area contributed by atoms with Crippen molar-refractivity contribution in [2.24, 2.45) is 22.2 Å². The number of hydrogen-bond donors (Lipinski definition) is 0. The SMILES string of the molecule is COC(=O)[C@@]12C(=O)CC(C)(C)[C@@H](C3(c4ccccc4)OC31)C21CC1. The van der Waals surface area contributed by atoms with Crippen molar-refractivity contribution in [3.8, 4) is 0 Å². The summed E-state index contributed by atoms with van der Waals surface area (Å²) in [5, 5.41) is 0. The molecule has 0 radical (unpaired) electrons. The van der Waals surface area contributed by atoms with E-state index >= 15 is 0 Å². The van der Waals surface area contributed by atoms with Crippen LogP contribution in [0.25, 0.3) is 0 Å². The predicted molar refractivity (Wildman–Crippen MR) is 86.0 cm³/mol. The van der Waals surface area contributed by atoms with E-state index in [1.54, 1.807) is 0 Å². The molecule has 2 unspecified atom stereocenters. The number of fused-ring (bicyclic) bond motifs is 3. The van der Waals surface area contributed by atoms with E-state index in [4.69, 9.17) is 9.47 Å². The molecule has 4 atom stereocenters. The van der Waals surface area contributed by atoms with Crippen LogP contribution in [0.5, 0.6) is 0 Å². The van der Waals surface area contributed by atoms with Crippen molar-refractivity contribution < 1.29 is 19.1 Å². The fourth-order valence-corrected chi connectivity index (χ4v) is 6.58. The Kier molecular flexibility index (Phi) is 2.40. The molecule has 1 aliphatic heterocycles. The van der Waals surface area contributed by atoms with Crippen molar-refractivity contribution in [3.05, 3.63) is 35.9 Å². The summed E-state index contributed by atoms with van der Waals surface area (Å²) in [5.41, 5.74) is -0.983. The van der Waals surface area contributed by atoms with Gasteiger partial charge in [0.2, 0.25) is 0 Å². The van der Waals surface area contributed by atoms with Gasteiger partial charge in [-0.1, -0.05) is 44.2 Å². The maximum absolute atomic E-state index is 13.3. The molecule has 3 aliphatic carbocycles. The van der Waals surface area contributed by atoms with Gasteiger partial charge in [0, 0.05) is 17.8 Å². The summed E-state index contributed by atoms with van der Waals surface area (Å²) in [4.78, 5) is 26.2. The Morgan fingerprint density at radius 3 is 2.46 bits per heavy atom. The summed E-state index contributed by atoms with van der Waals surface area (Å²) in [5.74, 6) is -0.194. The second-order valence-corrected chi connectivity index (χ2v) is 8.63. The van der Waals surface area contributed by atoms with Crippen LogP contribution in [0, 0.1) is 22.2 Å². The zero-order valence-corrected chi connectivity index (χ0v) is 14.3. The van der Waals surface area contributed by atoms with Gasteiger partial charge in [0.25, 0.3) is 0 Å². The van der Waals surface area contributed by atoms with Gasteiger partial charge in [-0.2, -0.15) is 0 Å². The van der Waals surface area contributed by atoms with Gasteiger partial charge in [-0.05, 0) is 23.8 Å². The molecular weight excluding hydrogens is 304 g/mol. The summed E-state index contributed by atoms with van der Waals surface area (Å²) in [7, 11) is 1.39. The van der Waals surface area contributed by atoms with E-state index in [1.165, 1.54) is 7.11 Å². The lowest BCUT2D eigenvalue weighted by atomic mass is 9.53. The Labute approximate surface area is 141 Å². The molecule has 24 heavy (non-hydrogen) atoms. The van der Waals surface area contributed by atoms with Crippen LogP contribution in [0.15, 0.2) is 30.3 Å². The van der Waals surface area contributed by atoms with Crippen LogP contribution in [0.1, 0.15) is 38.7 Å². The van der Waals surface area contributed by atoms with Crippen LogP contribution in [-0.2, 0) is 24.7 Å². The number of ether oxygens (including phenoxy) is 2. The number of carbonyl (C=O) groups is 2. The number of methoxy groups -OCH3 is 1. The highest BCUT2D eigenvalue weighted by atomic mass is 16.6. The van der Waals surface area contributed by atoms with Crippen LogP contribution in [-0.4, -0.2) is 25.0 Å². The van der Waals surface area contributed by atoms with Crippen molar-refractivity contribution in [3.63, 3.8) is 0 Å². The van der Waals surface area contributed by atoms with Crippen LogP contribution in [0.3, 0.4) is 0 Å². The second kappa shape index (κ2) is 3.93. The van der Waals surface area contributed by atoms with Gasteiger partial charge in [0.1, 0.15) is 11.7 Å². The minimum absolute atomic E-state index is 0.0217. The van der Waals surface area contributed by atoms with E-state index in [0.717, 1.165) is 18.4 Å². The van der Waals surface area contributed by atoms with Gasteiger partial charge >= 0.3 is 5.97 Å². The molecule has 0 N–H and O–H groups in total. The predicted octanol–water partition coefficient (Wildman–Crippen LogP) is 2.85. The number of benzene rings is 1. The molecule has 3 saturated carbocycles. The molecule has 126 valence electrons. The lowest BCUT2D eigenvalue weighted by Gasteiger charge is -2.49. The normalized spacial score (nSPS) is 42.5. The van der Waals surface area contributed by atoms with E-state index < -0.39 is 11.0 Å². The molecule has 1 spiro atoms. The number of esters is 1. The number of ketones is 1. The summed E-state index contributed by atoms with van der Waals surface area (Å²) < 4.78 is 11.4. The number of epoxide rings is 1. The first-order valence-corrected chi connectivity index (χ1v) is 8.73. The molecule has 4 nitrogen and oxygen atoms in total. The van der Waals surface area contributed by atoms with Crippen molar-refractivity contribution in [1.29, 1.82) is 0 Å². The van der Waals surface area contributed by atoms with Gasteiger partial charge in [0.15, 0.2) is 11.2 Å². The third-order valence-electron chi connectivity index (χ3n) is 7.16. The number of rotatable bonds is 2. The molecule has 5 rings (SSSR count). The van der Waals surface area contributed by atoms with Crippen LogP contribution >= 0.6 is 0 Å². The maximum atomic E-state index is 13.3. The second-order valence-electron chi connectivity index (χ2n) is 8.63. The Hall–Kier alpha value is -1.68. The van der Waals surface area contributed by atoms with Crippen molar-refractivity contribution in [1.82, 2.24) is 0 Å². The monoisotopic (exact) mass is 326 g/mol. The van der Waals surface area contributed by atoms with Gasteiger partial charge in [-0.25, -0.2) is 0 Å². The van der Waals surface area contributed by atoms with Crippen LogP contribution in [0.2, 0.25) is 0 Å². The first-order chi connectivity index (χ1) is 11.4. The third-order valence-corrected chi connectivity index (χ3v) is 7.16. The number of carbonyl (C=O) groups excluding carboxylic acids is 2.